The van der Waals surface area contributed by atoms with E-state index in [1.54, 1.807) is 0 Å². The quantitative estimate of drug-likeness (QED) is 0.805. The van der Waals surface area contributed by atoms with Gasteiger partial charge in [0.1, 0.15) is 0 Å². The first kappa shape index (κ1) is 12.8. The maximum atomic E-state index is 4.95. The van der Waals surface area contributed by atoms with E-state index in [9.17, 15) is 0 Å². The summed E-state index contributed by atoms with van der Waals surface area (Å²) in [7, 11) is 0. The van der Waals surface area contributed by atoms with Crippen LogP contribution >= 0.6 is 0 Å². The third kappa shape index (κ3) is 1.92. The summed E-state index contributed by atoms with van der Waals surface area (Å²) in [5.41, 5.74) is 3.42. The van der Waals surface area contributed by atoms with Gasteiger partial charge in [-0.15, -0.1) is 0 Å². The molecule has 2 aliphatic rings. The van der Waals surface area contributed by atoms with Gasteiger partial charge in [0.2, 0.25) is 0 Å². The number of rotatable bonds is 3. The zero-order valence-corrected chi connectivity index (χ0v) is 12.3. The number of hydrogen-bond acceptors (Lipinski definition) is 2. The number of aliphatic imine (C=N–C) groups is 1. The fourth-order valence-electron chi connectivity index (χ4n) is 4.02. The predicted molar refractivity (Wildman–Crippen MR) is 79.5 cm³/mol. The first-order chi connectivity index (χ1) is 9.04. The van der Waals surface area contributed by atoms with E-state index in [4.69, 9.17) is 4.99 Å². The van der Waals surface area contributed by atoms with E-state index in [1.807, 2.05) is 12.3 Å². The largest absolute Gasteiger partial charge is 0.293 e. The molecule has 1 aromatic heterocycles. The highest BCUT2D eigenvalue weighted by Crippen LogP contribution is 2.63. The van der Waals surface area contributed by atoms with Crippen molar-refractivity contribution in [3.05, 3.63) is 30.1 Å². The van der Waals surface area contributed by atoms with E-state index >= 15 is 0 Å². The first-order valence-electron chi connectivity index (χ1n) is 7.48. The molecule has 0 aromatic carbocycles. The summed E-state index contributed by atoms with van der Waals surface area (Å²) in [4.78, 5) is 9.31. The molecule has 0 amide bonds. The third-order valence-electron chi connectivity index (χ3n) is 5.91. The van der Waals surface area contributed by atoms with E-state index in [0.717, 1.165) is 24.6 Å². The summed E-state index contributed by atoms with van der Waals surface area (Å²) in [6.45, 7) is 8.20. The van der Waals surface area contributed by atoms with Gasteiger partial charge in [0.25, 0.3) is 0 Å². The number of pyridine rings is 1. The van der Waals surface area contributed by atoms with Crippen LogP contribution in [0.1, 0.15) is 45.7 Å². The first-order valence-corrected chi connectivity index (χ1v) is 7.48. The van der Waals surface area contributed by atoms with Crippen molar-refractivity contribution >= 4 is 5.71 Å². The molecule has 2 aliphatic carbocycles. The van der Waals surface area contributed by atoms with Crippen LogP contribution < -0.4 is 0 Å². The maximum absolute atomic E-state index is 4.95. The van der Waals surface area contributed by atoms with Crippen molar-refractivity contribution in [2.24, 2.45) is 21.7 Å². The molecule has 19 heavy (non-hydrogen) atoms. The Morgan fingerprint density at radius 3 is 2.74 bits per heavy atom. The highest BCUT2D eigenvalue weighted by molar-refractivity contribution is 5.94. The predicted octanol–water partition coefficient (Wildman–Crippen LogP) is 3.91. The van der Waals surface area contributed by atoms with Crippen LogP contribution in [0.4, 0.5) is 0 Å². The van der Waals surface area contributed by atoms with Crippen LogP contribution in [0.3, 0.4) is 0 Å². The Balaban J connectivity index is 1.69. The molecule has 2 nitrogen and oxygen atoms in total. The molecule has 0 aliphatic heterocycles. The fourth-order valence-corrected chi connectivity index (χ4v) is 4.02. The molecular weight excluding hydrogens is 232 g/mol. The summed E-state index contributed by atoms with van der Waals surface area (Å²) in [6.07, 6.45) is 6.78. The summed E-state index contributed by atoms with van der Waals surface area (Å²) in [6, 6.07) is 6.11. The molecule has 2 saturated carbocycles. The highest BCUT2D eigenvalue weighted by atomic mass is 14.8. The molecule has 3 rings (SSSR count). The van der Waals surface area contributed by atoms with Crippen molar-refractivity contribution in [2.75, 3.05) is 6.54 Å². The molecular formula is C17H24N2. The topological polar surface area (TPSA) is 25.2 Å². The molecule has 1 aromatic rings. The second-order valence-corrected chi connectivity index (χ2v) is 6.89. The second kappa shape index (κ2) is 4.43. The van der Waals surface area contributed by atoms with Gasteiger partial charge in [-0.1, -0.05) is 26.8 Å². The summed E-state index contributed by atoms with van der Waals surface area (Å²) in [5.74, 6) is 0.853. The smallest absolute Gasteiger partial charge is 0.0444 e. The van der Waals surface area contributed by atoms with Crippen LogP contribution in [0.2, 0.25) is 0 Å². The highest BCUT2D eigenvalue weighted by Gasteiger charge is 2.59. The number of aromatic nitrogens is 1. The average molecular weight is 256 g/mol. The Hall–Kier alpha value is -1.18. The lowest BCUT2D eigenvalue weighted by molar-refractivity contribution is 0.194. The lowest BCUT2D eigenvalue weighted by Gasteiger charge is -2.34. The van der Waals surface area contributed by atoms with Gasteiger partial charge in [-0.2, -0.15) is 0 Å². The summed E-state index contributed by atoms with van der Waals surface area (Å²) < 4.78 is 0. The fraction of sp³-hybridized carbons (Fsp3) is 0.647. The molecule has 2 heteroatoms. The molecule has 2 atom stereocenters. The molecule has 2 bridgehead atoms. The molecule has 0 saturated heterocycles. The number of fused-ring (bicyclic) bond motifs is 2. The van der Waals surface area contributed by atoms with Crippen molar-refractivity contribution in [1.82, 2.24) is 4.98 Å². The minimum atomic E-state index is 0.349. The Morgan fingerprint density at radius 1 is 1.32 bits per heavy atom. The van der Waals surface area contributed by atoms with Gasteiger partial charge in [0.15, 0.2) is 0 Å². The second-order valence-electron chi connectivity index (χ2n) is 6.89. The molecule has 1 unspecified atom stereocenters. The molecule has 102 valence electrons. The zero-order valence-electron chi connectivity index (χ0n) is 12.3. The van der Waals surface area contributed by atoms with Crippen molar-refractivity contribution in [3.63, 3.8) is 0 Å². The van der Waals surface area contributed by atoms with E-state index in [0.29, 0.717) is 10.8 Å². The molecule has 2 fully saturated rings. The third-order valence-corrected chi connectivity index (χ3v) is 5.91. The van der Waals surface area contributed by atoms with Gasteiger partial charge < -0.3 is 0 Å². The van der Waals surface area contributed by atoms with Gasteiger partial charge in [0.05, 0.1) is 0 Å². The van der Waals surface area contributed by atoms with Crippen molar-refractivity contribution in [3.8, 4) is 0 Å². The van der Waals surface area contributed by atoms with Crippen LogP contribution in [0.5, 0.6) is 0 Å². The van der Waals surface area contributed by atoms with Crippen molar-refractivity contribution in [2.45, 2.75) is 46.5 Å². The zero-order chi connectivity index (χ0) is 13.5. The Bertz CT molecular complexity index is 489. The Labute approximate surface area is 116 Å². The number of hydrogen-bond donors (Lipinski definition) is 0. The minimum Gasteiger partial charge on any atom is -0.293 e. The molecule has 0 N–H and O–H groups in total. The van der Waals surface area contributed by atoms with Crippen molar-refractivity contribution in [1.29, 1.82) is 0 Å². The van der Waals surface area contributed by atoms with Gasteiger partial charge in [-0.3, -0.25) is 9.98 Å². The van der Waals surface area contributed by atoms with E-state index < -0.39 is 0 Å². The normalized spacial score (nSPS) is 34.1. The Kier molecular flexibility index (Phi) is 2.99. The lowest BCUT2D eigenvalue weighted by atomic mass is 9.70. The van der Waals surface area contributed by atoms with Crippen molar-refractivity contribution < 1.29 is 0 Å². The van der Waals surface area contributed by atoms with Gasteiger partial charge in [-0.05, 0) is 42.7 Å². The van der Waals surface area contributed by atoms with Crippen LogP contribution in [0.15, 0.2) is 29.4 Å². The average Bonchev–Trinajstić information content (AvgIpc) is 2.73. The van der Waals surface area contributed by atoms with Gasteiger partial charge >= 0.3 is 0 Å². The monoisotopic (exact) mass is 256 g/mol. The lowest BCUT2D eigenvalue weighted by Crippen LogP contribution is -2.32. The van der Waals surface area contributed by atoms with Gasteiger partial charge in [-0.25, -0.2) is 0 Å². The van der Waals surface area contributed by atoms with Crippen LogP contribution in [-0.2, 0) is 6.42 Å². The van der Waals surface area contributed by atoms with E-state index in [2.05, 4.69) is 37.9 Å². The molecule has 1 heterocycles. The minimum absolute atomic E-state index is 0.349. The maximum Gasteiger partial charge on any atom is 0.0444 e. The SMILES string of the molecule is CC1(C)C2CC[C@@]1(C)C(=NCCc1ccccn1)C2. The van der Waals surface area contributed by atoms with Crippen LogP contribution in [0.25, 0.3) is 0 Å². The van der Waals surface area contributed by atoms with Gasteiger partial charge in [0, 0.05) is 36.0 Å². The summed E-state index contributed by atoms with van der Waals surface area (Å²) in [5, 5.41) is 0. The number of nitrogens with zero attached hydrogens (tertiary/aromatic N) is 2. The van der Waals surface area contributed by atoms with E-state index in [1.165, 1.54) is 25.0 Å². The standard InChI is InChI=1S/C17H24N2/c1-16(2)13-7-9-17(16,3)15(12-13)19-11-8-14-6-4-5-10-18-14/h4-6,10,13H,7-9,11-12H2,1-3H3/t13?,17-/m0/s1. The van der Waals surface area contributed by atoms with E-state index in [-0.39, 0.29) is 0 Å². The summed E-state index contributed by atoms with van der Waals surface area (Å²) >= 11 is 0. The van der Waals surface area contributed by atoms with Crippen LogP contribution in [0, 0.1) is 16.7 Å². The molecule has 0 spiro atoms. The Morgan fingerprint density at radius 2 is 2.16 bits per heavy atom. The van der Waals surface area contributed by atoms with Crippen LogP contribution in [-0.4, -0.2) is 17.2 Å². The molecule has 0 radical (unpaired) electrons.